The maximum atomic E-state index is 13.5. The summed E-state index contributed by atoms with van der Waals surface area (Å²) in [6, 6.07) is 31.7. The molecule has 0 heterocycles. The molecule has 0 aliphatic heterocycles. The van der Waals surface area contributed by atoms with Crippen molar-refractivity contribution >= 4 is 18.6 Å². The molecule has 0 amide bonds. The van der Waals surface area contributed by atoms with E-state index in [2.05, 4.69) is 0 Å². The Hall–Kier alpha value is -3.07. The normalized spacial score (nSPS) is 13.0. The van der Waals surface area contributed by atoms with Crippen LogP contribution in [0.3, 0.4) is 0 Å². The second kappa shape index (κ2) is 8.30. The zero-order valence-electron chi connectivity index (χ0n) is 15.1. The van der Waals surface area contributed by atoms with Gasteiger partial charge in [-0.3, -0.25) is 4.52 Å². The summed E-state index contributed by atoms with van der Waals surface area (Å²) in [5.74, 6) is 0.865. The van der Waals surface area contributed by atoms with Gasteiger partial charge in [0.2, 0.25) is 0 Å². The summed E-state index contributed by atoms with van der Waals surface area (Å²) in [5, 5.41) is 1.82. The van der Waals surface area contributed by atoms with Gasteiger partial charge < -0.3 is 9.05 Å². The summed E-state index contributed by atoms with van der Waals surface area (Å²) in [6.07, 6.45) is 0. The van der Waals surface area contributed by atoms with Crippen LogP contribution in [0.4, 0.5) is 0 Å². The lowest BCUT2D eigenvalue weighted by molar-refractivity contribution is 0.202. The van der Waals surface area contributed by atoms with Crippen LogP contribution in [0.15, 0.2) is 103 Å². The Morgan fingerprint density at radius 3 is 2.07 bits per heavy atom. The number of rotatable bonds is 7. The van der Waals surface area contributed by atoms with E-state index in [1.807, 2.05) is 72.8 Å². The zero-order valence-corrected chi connectivity index (χ0v) is 16.0. The second-order valence-electron chi connectivity index (χ2n) is 6.18. The highest BCUT2D eigenvalue weighted by Gasteiger charge is 2.31. The fourth-order valence-corrected chi connectivity index (χ4v) is 4.04. The predicted molar refractivity (Wildman–Crippen MR) is 110 cm³/mol. The molecular formula is C23H19O4P. The Balaban J connectivity index is 1.64. The fourth-order valence-electron chi connectivity index (χ4n) is 2.81. The van der Waals surface area contributed by atoms with E-state index < -0.39 is 7.82 Å². The average molecular weight is 390 g/mol. The molecule has 4 rings (SSSR count). The van der Waals surface area contributed by atoms with Gasteiger partial charge in [-0.15, -0.1) is 0 Å². The summed E-state index contributed by atoms with van der Waals surface area (Å²) in [4.78, 5) is 0. The zero-order chi connectivity index (χ0) is 19.2. The molecule has 0 saturated carbocycles. The summed E-state index contributed by atoms with van der Waals surface area (Å²) in [5.41, 5.74) is 0.876. The average Bonchev–Trinajstić information content (AvgIpc) is 2.74. The fraction of sp³-hybridized carbons (Fsp3) is 0.0435. The van der Waals surface area contributed by atoms with Crippen molar-refractivity contribution < 1.29 is 18.1 Å². The highest BCUT2D eigenvalue weighted by molar-refractivity contribution is 7.49. The predicted octanol–water partition coefficient (Wildman–Crippen LogP) is 6.62. The quantitative estimate of drug-likeness (QED) is 0.333. The minimum atomic E-state index is -3.93. The molecule has 140 valence electrons. The van der Waals surface area contributed by atoms with Gasteiger partial charge in [0, 0.05) is 5.39 Å². The van der Waals surface area contributed by atoms with Crippen LogP contribution in [0.25, 0.3) is 10.8 Å². The Morgan fingerprint density at radius 1 is 0.643 bits per heavy atom. The highest BCUT2D eigenvalue weighted by atomic mass is 31.2. The van der Waals surface area contributed by atoms with E-state index in [1.54, 1.807) is 30.3 Å². The van der Waals surface area contributed by atoms with E-state index in [0.29, 0.717) is 11.5 Å². The van der Waals surface area contributed by atoms with Crippen LogP contribution < -0.4 is 9.05 Å². The number of hydrogen-bond donors (Lipinski definition) is 0. The third-order valence-corrected chi connectivity index (χ3v) is 5.45. The Morgan fingerprint density at radius 2 is 1.29 bits per heavy atom. The number of para-hydroxylation sites is 1. The van der Waals surface area contributed by atoms with E-state index in [4.69, 9.17) is 13.6 Å². The highest BCUT2D eigenvalue weighted by Crippen LogP contribution is 2.51. The molecule has 0 fully saturated rings. The van der Waals surface area contributed by atoms with Crippen LogP contribution in [-0.4, -0.2) is 0 Å². The first-order chi connectivity index (χ1) is 13.7. The van der Waals surface area contributed by atoms with E-state index in [1.165, 1.54) is 0 Å². The molecule has 0 aliphatic rings. The van der Waals surface area contributed by atoms with Gasteiger partial charge >= 0.3 is 7.82 Å². The van der Waals surface area contributed by atoms with Crippen LogP contribution in [0, 0.1) is 0 Å². The molecule has 0 saturated heterocycles. The van der Waals surface area contributed by atoms with Gasteiger partial charge in [-0.05, 0) is 29.1 Å². The Labute approximate surface area is 163 Å². The van der Waals surface area contributed by atoms with Gasteiger partial charge in [-0.1, -0.05) is 84.9 Å². The summed E-state index contributed by atoms with van der Waals surface area (Å²) in [7, 11) is -3.93. The van der Waals surface area contributed by atoms with Crippen molar-refractivity contribution in [2.75, 3.05) is 0 Å². The third-order valence-electron chi connectivity index (χ3n) is 4.15. The molecular weight excluding hydrogens is 371 g/mol. The van der Waals surface area contributed by atoms with Gasteiger partial charge in [0.15, 0.2) is 0 Å². The molecule has 0 N–H and O–H groups in total. The molecule has 0 radical (unpaired) electrons. The lowest BCUT2D eigenvalue weighted by atomic mass is 10.1. The SMILES string of the molecule is O=P(OCc1ccccc1)(Oc1ccccc1)Oc1cccc2ccccc12. The molecule has 0 spiro atoms. The lowest BCUT2D eigenvalue weighted by Crippen LogP contribution is -2.05. The first-order valence-corrected chi connectivity index (χ1v) is 10.4. The van der Waals surface area contributed by atoms with Crippen molar-refractivity contribution in [1.29, 1.82) is 0 Å². The Kier molecular flexibility index (Phi) is 5.43. The van der Waals surface area contributed by atoms with Gasteiger partial charge in [-0.25, -0.2) is 4.57 Å². The van der Waals surface area contributed by atoms with Gasteiger partial charge in [0.25, 0.3) is 0 Å². The van der Waals surface area contributed by atoms with Crippen LogP contribution >= 0.6 is 7.82 Å². The molecule has 1 unspecified atom stereocenters. The van der Waals surface area contributed by atoms with E-state index >= 15 is 0 Å². The minimum absolute atomic E-state index is 0.107. The number of phosphoric acid groups is 1. The van der Waals surface area contributed by atoms with Gasteiger partial charge in [0.1, 0.15) is 11.5 Å². The van der Waals surface area contributed by atoms with Crippen molar-refractivity contribution in [1.82, 2.24) is 0 Å². The molecule has 0 aromatic heterocycles. The number of hydrogen-bond acceptors (Lipinski definition) is 4. The van der Waals surface area contributed by atoms with Crippen molar-refractivity contribution in [3.05, 3.63) is 109 Å². The van der Waals surface area contributed by atoms with Crippen LogP contribution in [0.1, 0.15) is 5.56 Å². The topological polar surface area (TPSA) is 44.8 Å². The molecule has 28 heavy (non-hydrogen) atoms. The van der Waals surface area contributed by atoms with Crippen molar-refractivity contribution in [2.24, 2.45) is 0 Å². The van der Waals surface area contributed by atoms with Gasteiger partial charge in [0.05, 0.1) is 6.61 Å². The number of fused-ring (bicyclic) bond motifs is 1. The molecule has 1 atom stereocenters. The third kappa shape index (κ3) is 4.42. The first-order valence-electron chi connectivity index (χ1n) is 8.92. The van der Waals surface area contributed by atoms with Crippen LogP contribution in [0.5, 0.6) is 11.5 Å². The van der Waals surface area contributed by atoms with Gasteiger partial charge in [-0.2, -0.15) is 0 Å². The summed E-state index contributed by atoms with van der Waals surface area (Å²) < 4.78 is 30.7. The molecule has 4 nitrogen and oxygen atoms in total. The maximum absolute atomic E-state index is 13.5. The van der Waals surface area contributed by atoms with Crippen LogP contribution in [-0.2, 0) is 15.7 Å². The molecule has 4 aromatic carbocycles. The van der Waals surface area contributed by atoms with Crippen molar-refractivity contribution in [3.63, 3.8) is 0 Å². The number of benzene rings is 4. The van der Waals surface area contributed by atoms with E-state index in [-0.39, 0.29) is 6.61 Å². The Bertz CT molecular complexity index is 1090. The molecule has 0 bridgehead atoms. The van der Waals surface area contributed by atoms with E-state index in [0.717, 1.165) is 16.3 Å². The molecule has 0 aliphatic carbocycles. The van der Waals surface area contributed by atoms with Crippen molar-refractivity contribution in [2.45, 2.75) is 6.61 Å². The lowest BCUT2D eigenvalue weighted by Gasteiger charge is -2.20. The summed E-state index contributed by atoms with van der Waals surface area (Å²) in [6.45, 7) is 0.107. The second-order valence-corrected chi connectivity index (χ2v) is 7.70. The summed E-state index contributed by atoms with van der Waals surface area (Å²) >= 11 is 0. The van der Waals surface area contributed by atoms with Crippen LogP contribution in [0.2, 0.25) is 0 Å². The monoisotopic (exact) mass is 390 g/mol. The van der Waals surface area contributed by atoms with Crippen molar-refractivity contribution in [3.8, 4) is 11.5 Å². The largest absolute Gasteiger partial charge is 0.587 e. The minimum Gasteiger partial charge on any atom is -0.395 e. The molecule has 4 aromatic rings. The van der Waals surface area contributed by atoms with E-state index in [9.17, 15) is 4.57 Å². The first kappa shape index (κ1) is 18.3. The number of phosphoric ester groups is 1. The maximum Gasteiger partial charge on any atom is 0.587 e. The smallest absolute Gasteiger partial charge is 0.395 e. The standard InChI is InChI=1S/C23H19O4P/c24-28(26-21-14-5-2-6-15-21,25-18-19-10-3-1-4-11-19)27-23-17-9-13-20-12-7-8-16-22(20)23/h1-17H,18H2. The molecule has 5 heteroatoms.